The molecule has 0 aromatic carbocycles. The second-order valence-electron chi connectivity index (χ2n) is 3.82. The number of carboxylic acid groups (broad SMARTS) is 3. The molecule has 0 spiro atoms. The van der Waals surface area contributed by atoms with Crippen LogP contribution in [0.5, 0.6) is 0 Å². The molecule has 22 heavy (non-hydrogen) atoms. The summed E-state index contributed by atoms with van der Waals surface area (Å²) in [5, 5.41) is 34.8. The minimum Gasteiger partial charge on any atom is -1.00 e. The van der Waals surface area contributed by atoms with E-state index in [1.165, 1.54) is 0 Å². The van der Waals surface area contributed by atoms with E-state index in [1.54, 1.807) is 0 Å². The van der Waals surface area contributed by atoms with Crippen LogP contribution in [0, 0.1) is 0 Å². The van der Waals surface area contributed by atoms with Crippen molar-refractivity contribution >= 4 is 29.8 Å². The zero-order valence-electron chi connectivity index (χ0n) is 12.4. The van der Waals surface area contributed by atoms with Gasteiger partial charge in [0.25, 0.3) is 0 Å². The second-order valence-corrected chi connectivity index (χ2v) is 3.82. The Morgan fingerprint density at radius 1 is 0.864 bits per heavy atom. The van der Waals surface area contributed by atoms with Crippen LogP contribution in [-0.2, 0) is 45.8 Å². The molecule has 12 heteroatoms. The zero-order valence-corrected chi connectivity index (χ0v) is 14.5. The molecule has 0 fully saturated rings. The summed E-state index contributed by atoms with van der Waals surface area (Å²) in [6, 6.07) is 0. The van der Waals surface area contributed by atoms with Crippen LogP contribution in [0.3, 0.4) is 0 Å². The summed E-state index contributed by atoms with van der Waals surface area (Å²) in [5.41, 5.74) is -2.91. The summed E-state index contributed by atoms with van der Waals surface area (Å²) in [6.45, 7) is 0. The topological polar surface area (TPSA) is 175 Å². The number of aliphatic carboxylic acids is 3. The first kappa shape index (κ1) is 26.0. The minimum atomic E-state index is -2.91. The monoisotopic (exact) mass is 372 g/mol. The van der Waals surface area contributed by atoms with E-state index in [0.717, 1.165) is 0 Å². The maximum absolute atomic E-state index is 11.2. The van der Waals surface area contributed by atoms with Crippen molar-refractivity contribution in [2.24, 2.45) is 0 Å². The Bertz CT molecular complexity index is 457. The van der Waals surface area contributed by atoms with E-state index >= 15 is 0 Å². The maximum Gasteiger partial charge on any atom is 1.00 e. The average Bonchev–Trinajstić information content (AvgIpc) is 2.24. The van der Waals surface area contributed by atoms with Crippen LogP contribution in [0.1, 0.15) is 27.1 Å². The Labute approximate surface area is 158 Å². The van der Waals surface area contributed by atoms with Crippen LogP contribution >= 0.6 is 0 Å². The Balaban J connectivity index is -0.000000602. The third-order valence-corrected chi connectivity index (χ3v) is 2.05. The first-order valence-electron chi connectivity index (χ1n) is 5.19. The maximum atomic E-state index is 11.2. The van der Waals surface area contributed by atoms with E-state index in [9.17, 15) is 29.1 Å². The van der Waals surface area contributed by atoms with Crippen LogP contribution in [0.4, 0.5) is 0 Å². The number of hydrogen-bond donors (Lipinski definition) is 4. The van der Waals surface area contributed by atoms with Crippen molar-refractivity contribution in [3.8, 4) is 0 Å². The molecule has 0 aliphatic carbocycles. The number of carbonyl (C=O) groups is 5. The van der Waals surface area contributed by atoms with E-state index in [-0.39, 0.29) is 48.1 Å². The first-order valence-corrected chi connectivity index (χ1v) is 5.19. The fraction of sp³-hybridized carbons (Fsp3) is 0.500. The number of carboxylic acids is 3. The van der Waals surface area contributed by atoms with Gasteiger partial charge < -0.3 is 26.6 Å². The molecule has 122 valence electrons. The van der Waals surface area contributed by atoms with Crippen molar-refractivity contribution in [2.75, 3.05) is 0 Å². The van der Waals surface area contributed by atoms with Gasteiger partial charge in [-0.25, -0.2) is 4.79 Å². The van der Waals surface area contributed by atoms with Crippen LogP contribution < -0.4 is 29.6 Å². The van der Waals surface area contributed by atoms with Gasteiger partial charge in [0.15, 0.2) is 5.60 Å². The molecule has 0 saturated heterocycles. The van der Waals surface area contributed by atoms with Gasteiger partial charge in [-0.05, 0) is 0 Å². The van der Waals surface area contributed by atoms with E-state index in [1.807, 2.05) is 0 Å². The van der Waals surface area contributed by atoms with Crippen molar-refractivity contribution in [3.63, 3.8) is 0 Å². The Morgan fingerprint density at radius 2 is 1.36 bits per heavy atom. The minimum absolute atomic E-state index is 0. The molecule has 0 rings (SSSR count). The molecular formula is C10H13FeNaO10. The van der Waals surface area contributed by atoms with E-state index in [2.05, 4.69) is 4.74 Å². The van der Waals surface area contributed by atoms with Crippen LogP contribution in [0.25, 0.3) is 0 Å². The van der Waals surface area contributed by atoms with Crippen LogP contribution in [-0.4, -0.2) is 55.9 Å². The van der Waals surface area contributed by atoms with Gasteiger partial charge >= 0.3 is 59.4 Å². The van der Waals surface area contributed by atoms with E-state index in [0.29, 0.717) is 0 Å². The summed E-state index contributed by atoms with van der Waals surface area (Å²) in [4.78, 5) is 53.4. The van der Waals surface area contributed by atoms with Gasteiger partial charge in [-0.1, -0.05) is 0 Å². The van der Waals surface area contributed by atoms with E-state index in [4.69, 9.17) is 15.3 Å². The predicted octanol–water partition coefficient (Wildman–Crippen LogP) is -4.28. The molecule has 0 heterocycles. The van der Waals surface area contributed by atoms with Crippen LogP contribution in [0.15, 0.2) is 0 Å². The van der Waals surface area contributed by atoms with Gasteiger partial charge in [0.05, 0.1) is 25.7 Å². The summed E-state index contributed by atoms with van der Waals surface area (Å²) in [5.74, 6) is -7.62. The number of aliphatic hydroxyl groups is 1. The summed E-state index contributed by atoms with van der Waals surface area (Å²) in [7, 11) is 0. The molecule has 0 aromatic rings. The van der Waals surface area contributed by atoms with Crippen molar-refractivity contribution in [3.05, 3.63) is 0 Å². The quantitative estimate of drug-likeness (QED) is 0.185. The van der Waals surface area contributed by atoms with Crippen molar-refractivity contribution in [1.82, 2.24) is 0 Å². The number of carbonyl (C=O) groups excluding carboxylic acids is 2. The largest absolute Gasteiger partial charge is 1.00 e. The van der Waals surface area contributed by atoms with Gasteiger partial charge in [0.2, 0.25) is 0 Å². The zero-order chi connectivity index (χ0) is 15.9. The van der Waals surface area contributed by atoms with Gasteiger partial charge in [-0.3, -0.25) is 19.2 Å². The molecule has 0 amide bonds. The summed E-state index contributed by atoms with van der Waals surface area (Å²) in [6.07, 6.45) is -3.73. The van der Waals surface area contributed by atoms with Crippen molar-refractivity contribution < 1.29 is 97.2 Å². The van der Waals surface area contributed by atoms with Gasteiger partial charge in [0.1, 0.15) is 0 Å². The average molecular weight is 372 g/mol. The smallest absolute Gasteiger partial charge is 1.00 e. The molecule has 10 nitrogen and oxygen atoms in total. The number of esters is 2. The molecule has 4 N–H and O–H groups in total. The second kappa shape index (κ2) is 11.6. The molecule has 0 aromatic heterocycles. The van der Waals surface area contributed by atoms with Gasteiger partial charge in [-0.15, -0.1) is 0 Å². The number of rotatable bonds is 8. The molecule has 0 bridgehead atoms. The summed E-state index contributed by atoms with van der Waals surface area (Å²) >= 11 is 0. The Morgan fingerprint density at radius 3 is 1.73 bits per heavy atom. The Hall–Kier alpha value is -0.971. The Kier molecular flexibility index (Phi) is 13.7. The molecule has 1 atom stereocenters. The van der Waals surface area contributed by atoms with Crippen LogP contribution in [0.2, 0.25) is 0 Å². The molecule has 0 radical (unpaired) electrons. The predicted molar refractivity (Wildman–Crippen MR) is 58.5 cm³/mol. The molecule has 1 unspecified atom stereocenters. The fourth-order valence-corrected chi connectivity index (χ4v) is 1.13. The molecular weight excluding hydrogens is 359 g/mol. The molecule has 0 saturated carbocycles. The number of ether oxygens (including phenoxy) is 1. The summed E-state index contributed by atoms with van der Waals surface area (Å²) < 4.78 is 4.07. The van der Waals surface area contributed by atoms with Gasteiger partial charge in [-0.2, -0.15) is 0 Å². The van der Waals surface area contributed by atoms with E-state index < -0.39 is 61.1 Å². The van der Waals surface area contributed by atoms with Crippen molar-refractivity contribution in [2.45, 2.75) is 31.3 Å². The van der Waals surface area contributed by atoms with Crippen molar-refractivity contribution in [1.29, 1.82) is 0 Å². The standard InChI is InChI=1S/C10H12O10.Fe.Na.H/c11-5(12)1-2-7(15)20-8(16)4-10(19,9(17)18)3-6(13)14;;;/h19H,1-4H2,(H,11,12)(H,13,14)(H,17,18);;;/q;;+1;-1. The number of hydrogen-bond acceptors (Lipinski definition) is 7. The first-order chi connectivity index (χ1) is 9.06. The molecule has 0 aliphatic rings. The SMILES string of the molecule is O=C(O)CCC(=O)OC(=O)CC(O)(CC(=O)O)C(=O)O.[Fe].[H-].[Na+]. The third kappa shape index (κ3) is 10.7. The third-order valence-electron chi connectivity index (χ3n) is 2.05. The normalized spacial score (nSPS) is 11.9. The van der Waals surface area contributed by atoms with Gasteiger partial charge in [0, 0.05) is 17.1 Å². The fourth-order valence-electron chi connectivity index (χ4n) is 1.13. The molecule has 0 aliphatic heterocycles.